The van der Waals surface area contributed by atoms with Gasteiger partial charge in [0.15, 0.2) is 0 Å². The molecule has 2 N–H and O–H groups in total. The third-order valence-electron chi connectivity index (χ3n) is 2.64. The van der Waals surface area contributed by atoms with Gasteiger partial charge in [-0.3, -0.25) is 0 Å². The summed E-state index contributed by atoms with van der Waals surface area (Å²) in [5.74, 6) is 1.34. The molecule has 0 saturated heterocycles. The molecule has 1 aromatic carbocycles. The van der Waals surface area contributed by atoms with Gasteiger partial charge in [-0.15, -0.1) is 0 Å². The maximum absolute atomic E-state index is 5.63. The molecule has 0 spiro atoms. The Kier molecular flexibility index (Phi) is 8.98. The molecule has 0 radical (unpaired) electrons. The number of thiocarbonyl (C=S) groups is 1. The molecule has 0 amide bonds. The van der Waals surface area contributed by atoms with Crippen molar-refractivity contribution in [3.05, 3.63) is 29.8 Å². The molecular weight excluding hydrogens is 286 g/mol. The van der Waals surface area contributed by atoms with Crippen LogP contribution in [0, 0.1) is 5.92 Å². The molecule has 1 aromatic rings. The fourth-order valence-corrected chi connectivity index (χ4v) is 1.76. The van der Waals surface area contributed by atoms with E-state index < -0.39 is 0 Å². The van der Waals surface area contributed by atoms with Crippen molar-refractivity contribution in [1.29, 1.82) is 0 Å². The maximum atomic E-state index is 5.63. The van der Waals surface area contributed by atoms with Crippen LogP contribution in [0.5, 0.6) is 5.75 Å². The molecule has 0 atom stereocenters. The molecule has 0 aliphatic carbocycles. The summed E-state index contributed by atoms with van der Waals surface area (Å²) in [4.78, 5) is 0.380. The molecule has 0 saturated carbocycles. The molecule has 0 aliphatic heterocycles. The molecule has 0 aliphatic rings. The predicted molar refractivity (Wildman–Crippen MR) is 88.9 cm³/mol. The SMILES string of the molecule is CC(C)COCCOCCCOc1cccc(C(N)=S)c1. The number of hydrogen-bond acceptors (Lipinski definition) is 4. The lowest BCUT2D eigenvalue weighted by Crippen LogP contribution is -2.11. The minimum absolute atomic E-state index is 0.380. The van der Waals surface area contributed by atoms with Gasteiger partial charge in [-0.25, -0.2) is 0 Å². The van der Waals surface area contributed by atoms with Crippen molar-refractivity contribution >= 4 is 17.2 Å². The van der Waals surface area contributed by atoms with Crippen LogP contribution in [-0.4, -0.2) is 38.0 Å². The topological polar surface area (TPSA) is 53.7 Å². The van der Waals surface area contributed by atoms with Crippen LogP contribution < -0.4 is 10.5 Å². The summed E-state index contributed by atoms with van der Waals surface area (Å²) < 4.78 is 16.5. The Morgan fingerprint density at radius 1 is 1.14 bits per heavy atom. The van der Waals surface area contributed by atoms with Crippen LogP contribution in [0.4, 0.5) is 0 Å². The van der Waals surface area contributed by atoms with E-state index in [1.165, 1.54) is 0 Å². The zero-order valence-electron chi connectivity index (χ0n) is 12.8. The van der Waals surface area contributed by atoms with E-state index in [0.717, 1.165) is 24.3 Å². The number of hydrogen-bond donors (Lipinski definition) is 1. The van der Waals surface area contributed by atoms with Crippen molar-refractivity contribution in [1.82, 2.24) is 0 Å². The van der Waals surface area contributed by atoms with Crippen LogP contribution in [0.15, 0.2) is 24.3 Å². The highest BCUT2D eigenvalue weighted by Crippen LogP contribution is 2.13. The maximum Gasteiger partial charge on any atom is 0.119 e. The van der Waals surface area contributed by atoms with Gasteiger partial charge in [-0.05, 0) is 18.1 Å². The molecule has 21 heavy (non-hydrogen) atoms. The predicted octanol–water partition coefficient (Wildman–Crippen LogP) is 2.78. The molecule has 4 nitrogen and oxygen atoms in total. The Labute approximate surface area is 132 Å². The fraction of sp³-hybridized carbons (Fsp3) is 0.562. The van der Waals surface area contributed by atoms with Gasteiger partial charge < -0.3 is 19.9 Å². The first-order valence-corrected chi connectivity index (χ1v) is 7.68. The second-order valence-corrected chi connectivity index (χ2v) is 5.62. The molecule has 0 aromatic heterocycles. The van der Waals surface area contributed by atoms with Gasteiger partial charge in [0.05, 0.1) is 19.8 Å². The van der Waals surface area contributed by atoms with E-state index in [1.54, 1.807) is 0 Å². The third-order valence-corrected chi connectivity index (χ3v) is 2.88. The highest BCUT2D eigenvalue weighted by Gasteiger charge is 1.99. The van der Waals surface area contributed by atoms with Crippen molar-refractivity contribution in [2.45, 2.75) is 20.3 Å². The van der Waals surface area contributed by atoms with Crippen LogP contribution >= 0.6 is 12.2 Å². The Morgan fingerprint density at radius 3 is 2.62 bits per heavy atom. The minimum atomic E-state index is 0.380. The molecular formula is C16H25NO3S. The van der Waals surface area contributed by atoms with Crippen molar-refractivity contribution in [2.75, 3.05) is 33.0 Å². The molecule has 0 unspecified atom stereocenters. The van der Waals surface area contributed by atoms with Crippen molar-refractivity contribution in [3.8, 4) is 5.75 Å². The van der Waals surface area contributed by atoms with Crippen LogP contribution in [0.3, 0.4) is 0 Å². The van der Waals surface area contributed by atoms with E-state index in [-0.39, 0.29) is 0 Å². The minimum Gasteiger partial charge on any atom is -0.493 e. The molecule has 0 bridgehead atoms. The van der Waals surface area contributed by atoms with Gasteiger partial charge in [-0.1, -0.05) is 38.2 Å². The lowest BCUT2D eigenvalue weighted by molar-refractivity contribution is 0.0343. The normalized spacial score (nSPS) is 10.8. The van der Waals surface area contributed by atoms with Crippen LogP contribution in [0.1, 0.15) is 25.8 Å². The summed E-state index contributed by atoms with van der Waals surface area (Å²) in [5, 5.41) is 0. The summed E-state index contributed by atoms with van der Waals surface area (Å²) in [6.45, 7) is 7.59. The average Bonchev–Trinajstić information content (AvgIpc) is 2.45. The molecule has 1 rings (SSSR count). The van der Waals surface area contributed by atoms with E-state index in [4.69, 9.17) is 32.2 Å². The lowest BCUT2D eigenvalue weighted by Gasteiger charge is -2.09. The Bertz CT molecular complexity index is 424. The smallest absolute Gasteiger partial charge is 0.119 e. The van der Waals surface area contributed by atoms with E-state index in [2.05, 4.69) is 13.8 Å². The fourth-order valence-electron chi connectivity index (χ4n) is 1.63. The van der Waals surface area contributed by atoms with Crippen molar-refractivity contribution in [3.63, 3.8) is 0 Å². The monoisotopic (exact) mass is 311 g/mol. The highest BCUT2D eigenvalue weighted by atomic mass is 32.1. The summed E-state index contributed by atoms with van der Waals surface area (Å²) in [5.41, 5.74) is 6.40. The zero-order chi connectivity index (χ0) is 15.5. The average molecular weight is 311 g/mol. The highest BCUT2D eigenvalue weighted by molar-refractivity contribution is 7.80. The van der Waals surface area contributed by atoms with E-state index in [0.29, 0.717) is 37.3 Å². The lowest BCUT2D eigenvalue weighted by atomic mass is 10.2. The summed E-state index contributed by atoms with van der Waals surface area (Å²) in [6.07, 6.45) is 0.835. The van der Waals surface area contributed by atoms with E-state index in [9.17, 15) is 0 Å². The quantitative estimate of drug-likeness (QED) is 0.503. The van der Waals surface area contributed by atoms with Gasteiger partial charge >= 0.3 is 0 Å². The van der Waals surface area contributed by atoms with Gasteiger partial charge in [0.2, 0.25) is 0 Å². The third kappa shape index (κ3) is 8.65. The largest absolute Gasteiger partial charge is 0.493 e. The zero-order valence-corrected chi connectivity index (χ0v) is 13.7. The van der Waals surface area contributed by atoms with Gasteiger partial charge in [0.1, 0.15) is 10.7 Å². The van der Waals surface area contributed by atoms with E-state index in [1.807, 2.05) is 24.3 Å². The second-order valence-electron chi connectivity index (χ2n) is 5.18. The summed E-state index contributed by atoms with van der Waals surface area (Å²) in [6, 6.07) is 7.49. The first-order valence-electron chi connectivity index (χ1n) is 7.27. The Morgan fingerprint density at radius 2 is 1.90 bits per heavy atom. The van der Waals surface area contributed by atoms with Crippen LogP contribution in [-0.2, 0) is 9.47 Å². The first kappa shape index (κ1) is 17.9. The van der Waals surface area contributed by atoms with Crippen LogP contribution in [0.25, 0.3) is 0 Å². The van der Waals surface area contributed by atoms with Crippen molar-refractivity contribution < 1.29 is 14.2 Å². The Hall–Kier alpha value is -1.17. The molecule has 118 valence electrons. The molecule has 0 heterocycles. The molecule has 0 fully saturated rings. The number of nitrogens with two attached hydrogens (primary N) is 1. The number of benzene rings is 1. The van der Waals surface area contributed by atoms with Crippen LogP contribution in [0.2, 0.25) is 0 Å². The van der Waals surface area contributed by atoms with Gasteiger partial charge in [0.25, 0.3) is 0 Å². The van der Waals surface area contributed by atoms with Crippen molar-refractivity contribution in [2.24, 2.45) is 11.7 Å². The van der Waals surface area contributed by atoms with Gasteiger partial charge in [-0.2, -0.15) is 0 Å². The Balaban J connectivity index is 2.04. The summed E-state index contributed by atoms with van der Waals surface area (Å²) in [7, 11) is 0. The number of ether oxygens (including phenoxy) is 3. The summed E-state index contributed by atoms with van der Waals surface area (Å²) >= 11 is 4.93. The standard InChI is InChI=1S/C16H25NO3S/c1-13(2)12-19-10-9-18-7-4-8-20-15-6-3-5-14(11-15)16(17)21/h3,5-6,11,13H,4,7-10,12H2,1-2H3,(H2,17,21). The first-order chi connectivity index (χ1) is 10.1. The second kappa shape index (κ2) is 10.5. The number of rotatable bonds is 11. The van der Waals surface area contributed by atoms with E-state index >= 15 is 0 Å². The molecule has 5 heteroatoms. The van der Waals surface area contributed by atoms with Gasteiger partial charge in [0, 0.05) is 25.2 Å².